The summed E-state index contributed by atoms with van der Waals surface area (Å²) in [5.74, 6) is 1.43. The lowest BCUT2D eigenvalue weighted by Gasteiger charge is -2.16. The Morgan fingerprint density at radius 1 is 1.04 bits per heavy atom. The number of allylic oxidation sites excluding steroid dienone is 4. The van der Waals surface area contributed by atoms with Gasteiger partial charge in [0.1, 0.15) is 5.75 Å². The molecule has 0 saturated heterocycles. The van der Waals surface area contributed by atoms with E-state index >= 15 is 0 Å². The second-order valence-electron chi connectivity index (χ2n) is 6.15. The van der Waals surface area contributed by atoms with Gasteiger partial charge in [0.2, 0.25) is 0 Å². The van der Waals surface area contributed by atoms with E-state index in [-0.39, 0.29) is 0 Å². The lowest BCUT2D eigenvalue weighted by atomic mass is 9.89. The molecule has 0 heterocycles. The molecule has 2 heteroatoms. The maximum Gasteiger partial charge on any atom is 0.119 e. The summed E-state index contributed by atoms with van der Waals surface area (Å²) in [6.45, 7) is 0.986. The predicted molar refractivity (Wildman–Crippen MR) is 102 cm³/mol. The molecule has 1 aliphatic carbocycles. The van der Waals surface area contributed by atoms with Gasteiger partial charge < -0.3 is 10.1 Å². The molecule has 1 atom stereocenters. The molecule has 1 aliphatic rings. The molecule has 0 radical (unpaired) electrons. The van der Waals surface area contributed by atoms with E-state index in [9.17, 15) is 0 Å². The zero-order valence-electron chi connectivity index (χ0n) is 14.2. The van der Waals surface area contributed by atoms with Crippen molar-refractivity contribution in [1.29, 1.82) is 0 Å². The number of rotatable bonds is 7. The van der Waals surface area contributed by atoms with Gasteiger partial charge in [-0.1, -0.05) is 54.1 Å². The average molecular weight is 319 g/mol. The van der Waals surface area contributed by atoms with E-state index < -0.39 is 0 Å². The molecular weight excluding hydrogens is 294 g/mol. The number of nitrogens with one attached hydrogen (secondary N) is 1. The van der Waals surface area contributed by atoms with E-state index in [1.54, 1.807) is 7.11 Å². The molecule has 0 aliphatic heterocycles. The van der Waals surface area contributed by atoms with E-state index in [1.165, 1.54) is 11.1 Å². The first kappa shape index (κ1) is 16.4. The van der Waals surface area contributed by atoms with E-state index in [4.69, 9.17) is 4.74 Å². The molecule has 1 N–H and O–H groups in total. The highest BCUT2D eigenvalue weighted by Crippen LogP contribution is 2.27. The van der Waals surface area contributed by atoms with Crippen LogP contribution in [0.25, 0.3) is 0 Å². The van der Waals surface area contributed by atoms with Gasteiger partial charge in [-0.3, -0.25) is 0 Å². The number of benzene rings is 2. The Balaban J connectivity index is 1.40. The molecule has 2 aromatic rings. The highest BCUT2D eigenvalue weighted by atomic mass is 16.5. The fraction of sp³-hybridized carbons (Fsp3) is 0.273. The summed E-state index contributed by atoms with van der Waals surface area (Å²) in [5.41, 5.74) is 4.01. The molecule has 1 unspecified atom stereocenters. The number of methoxy groups -OCH3 is 1. The zero-order valence-corrected chi connectivity index (χ0v) is 14.2. The molecule has 0 bridgehead atoms. The smallest absolute Gasteiger partial charge is 0.119 e. The van der Waals surface area contributed by atoms with Gasteiger partial charge in [-0.15, -0.1) is 0 Å². The SMILES string of the molecule is COc1ccc(NCCCC2=CCC(c3ccccc3)C=C2)cc1. The molecule has 0 amide bonds. The first-order valence-electron chi connectivity index (χ1n) is 8.65. The Morgan fingerprint density at radius 3 is 2.50 bits per heavy atom. The van der Waals surface area contributed by atoms with Crippen molar-refractivity contribution in [2.45, 2.75) is 25.2 Å². The Kier molecular flexibility index (Phi) is 5.73. The van der Waals surface area contributed by atoms with Gasteiger partial charge in [0.15, 0.2) is 0 Å². The Morgan fingerprint density at radius 2 is 1.83 bits per heavy atom. The number of ether oxygens (including phenoxy) is 1. The Labute approximate surface area is 144 Å². The summed E-state index contributed by atoms with van der Waals surface area (Å²) in [7, 11) is 1.69. The van der Waals surface area contributed by atoms with Gasteiger partial charge in [-0.2, -0.15) is 0 Å². The first-order valence-corrected chi connectivity index (χ1v) is 8.65. The quantitative estimate of drug-likeness (QED) is 0.675. The molecule has 24 heavy (non-hydrogen) atoms. The fourth-order valence-electron chi connectivity index (χ4n) is 3.03. The highest BCUT2D eigenvalue weighted by molar-refractivity contribution is 5.46. The van der Waals surface area contributed by atoms with Crippen molar-refractivity contribution in [2.24, 2.45) is 0 Å². The average Bonchev–Trinajstić information content (AvgIpc) is 2.67. The van der Waals surface area contributed by atoms with Crippen LogP contribution in [-0.4, -0.2) is 13.7 Å². The highest BCUT2D eigenvalue weighted by Gasteiger charge is 2.10. The maximum absolute atomic E-state index is 5.17. The van der Waals surface area contributed by atoms with E-state index in [1.807, 2.05) is 12.1 Å². The van der Waals surface area contributed by atoms with Crippen LogP contribution in [0, 0.1) is 0 Å². The predicted octanol–water partition coefficient (Wildman–Crippen LogP) is 5.56. The number of hydrogen-bond donors (Lipinski definition) is 1. The van der Waals surface area contributed by atoms with E-state index in [0.29, 0.717) is 5.92 Å². The third kappa shape index (κ3) is 4.51. The fourth-order valence-corrected chi connectivity index (χ4v) is 3.03. The van der Waals surface area contributed by atoms with Gasteiger partial charge in [0, 0.05) is 18.2 Å². The van der Waals surface area contributed by atoms with Crippen molar-refractivity contribution in [3.8, 4) is 5.75 Å². The lowest BCUT2D eigenvalue weighted by molar-refractivity contribution is 0.415. The van der Waals surface area contributed by atoms with Crippen LogP contribution in [0.1, 0.15) is 30.7 Å². The van der Waals surface area contributed by atoms with Gasteiger partial charge in [0.25, 0.3) is 0 Å². The molecule has 124 valence electrons. The molecule has 0 spiro atoms. The van der Waals surface area contributed by atoms with Crippen molar-refractivity contribution in [2.75, 3.05) is 19.0 Å². The molecule has 2 aromatic carbocycles. The monoisotopic (exact) mass is 319 g/mol. The van der Waals surface area contributed by atoms with Crippen LogP contribution >= 0.6 is 0 Å². The zero-order chi connectivity index (χ0) is 16.6. The van der Waals surface area contributed by atoms with Crippen molar-refractivity contribution in [1.82, 2.24) is 0 Å². The summed E-state index contributed by atoms with van der Waals surface area (Å²) >= 11 is 0. The van der Waals surface area contributed by atoms with Crippen LogP contribution in [-0.2, 0) is 0 Å². The van der Waals surface area contributed by atoms with Gasteiger partial charge in [-0.05, 0) is 49.1 Å². The Hall–Kier alpha value is -2.48. The third-order valence-corrected chi connectivity index (χ3v) is 4.47. The van der Waals surface area contributed by atoms with Crippen LogP contribution < -0.4 is 10.1 Å². The molecule has 0 saturated carbocycles. The topological polar surface area (TPSA) is 21.3 Å². The second kappa shape index (κ2) is 8.39. The largest absolute Gasteiger partial charge is 0.497 e. The maximum atomic E-state index is 5.17. The first-order chi connectivity index (χ1) is 11.8. The van der Waals surface area contributed by atoms with Crippen LogP contribution in [0.4, 0.5) is 5.69 Å². The minimum Gasteiger partial charge on any atom is -0.497 e. The van der Waals surface area contributed by atoms with E-state index in [0.717, 1.165) is 37.2 Å². The summed E-state index contributed by atoms with van der Waals surface area (Å²) in [6, 6.07) is 18.8. The van der Waals surface area contributed by atoms with Crippen LogP contribution in [0.2, 0.25) is 0 Å². The number of anilines is 1. The molecule has 3 rings (SSSR count). The molecular formula is C22H25NO. The minimum absolute atomic E-state index is 0.535. The molecule has 0 fully saturated rings. The summed E-state index contributed by atoms with van der Waals surface area (Å²) in [4.78, 5) is 0. The summed E-state index contributed by atoms with van der Waals surface area (Å²) in [5, 5.41) is 3.46. The standard InChI is InChI=1S/C22H25NO/c1-24-22-15-13-21(14-16-22)23-17-5-6-18-9-11-20(12-10-18)19-7-3-2-4-8-19/h2-4,7-11,13-16,20,23H,5-6,12,17H2,1H3. The van der Waals surface area contributed by atoms with Gasteiger partial charge in [-0.25, -0.2) is 0 Å². The normalized spacial score (nSPS) is 16.5. The third-order valence-electron chi connectivity index (χ3n) is 4.47. The Bertz CT molecular complexity index is 686. The number of hydrogen-bond acceptors (Lipinski definition) is 2. The van der Waals surface area contributed by atoms with Crippen LogP contribution in [0.3, 0.4) is 0 Å². The van der Waals surface area contributed by atoms with Crippen LogP contribution in [0.5, 0.6) is 5.75 Å². The molecule has 0 aromatic heterocycles. The summed E-state index contributed by atoms with van der Waals surface area (Å²) in [6.07, 6.45) is 10.4. The van der Waals surface area contributed by atoms with Crippen LogP contribution in [0.15, 0.2) is 78.4 Å². The van der Waals surface area contributed by atoms with E-state index in [2.05, 4.69) is 66.0 Å². The minimum atomic E-state index is 0.535. The van der Waals surface area contributed by atoms with Crippen molar-refractivity contribution < 1.29 is 4.74 Å². The van der Waals surface area contributed by atoms with Crippen molar-refractivity contribution in [3.63, 3.8) is 0 Å². The second-order valence-corrected chi connectivity index (χ2v) is 6.15. The van der Waals surface area contributed by atoms with Gasteiger partial charge >= 0.3 is 0 Å². The van der Waals surface area contributed by atoms with Crippen molar-refractivity contribution in [3.05, 3.63) is 84.0 Å². The molecule has 2 nitrogen and oxygen atoms in total. The van der Waals surface area contributed by atoms with Crippen molar-refractivity contribution >= 4 is 5.69 Å². The van der Waals surface area contributed by atoms with Gasteiger partial charge in [0.05, 0.1) is 7.11 Å². The summed E-state index contributed by atoms with van der Waals surface area (Å²) < 4.78 is 5.17. The lowest BCUT2D eigenvalue weighted by Crippen LogP contribution is -2.03.